The van der Waals surface area contributed by atoms with Crippen molar-refractivity contribution in [3.63, 3.8) is 0 Å². The van der Waals surface area contributed by atoms with Crippen LogP contribution in [0.1, 0.15) is 38.1 Å². The molecule has 0 aliphatic carbocycles. The van der Waals surface area contributed by atoms with Crippen LogP contribution >= 0.6 is 0 Å². The lowest BCUT2D eigenvalue weighted by Crippen LogP contribution is -2.32. The molecule has 0 aliphatic rings. The summed E-state index contributed by atoms with van der Waals surface area (Å²) < 4.78 is 5.44. The fourth-order valence-electron chi connectivity index (χ4n) is 1.68. The molecule has 5 heteroatoms. The highest BCUT2D eigenvalue weighted by Gasteiger charge is 2.30. The largest absolute Gasteiger partial charge is 0.370 e. The predicted molar refractivity (Wildman–Crippen MR) is 58.8 cm³/mol. The lowest BCUT2D eigenvalue weighted by molar-refractivity contribution is -0.0293. The molecule has 0 bridgehead atoms. The third-order valence-electron chi connectivity index (χ3n) is 2.88. The van der Waals surface area contributed by atoms with Gasteiger partial charge in [-0.15, -0.1) is 0 Å². The second-order valence-electron chi connectivity index (χ2n) is 3.49. The van der Waals surface area contributed by atoms with E-state index in [-0.39, 0.29) is 5.56 Å². The van der Waals surface area contributed by atoms with E-state index in [4.69, 9.17) is 10.00 Å². The first kappa shape index (κ1) is 12.4. The van der Waals surface area contributed by atoms with Crippen molar-refractivity contribution in [2.24, 2.45) is 0 Å². The van der Waals surface area contributed by atoms with Gasteiger partial charge in [0.15, 0.2) is 0 Å². The number of hydrogen-bond acceptors (Lipinski definition) is 4. The maximum absolute atomic E-state index is 11.5. The van der Waals surface area contributed by atoms with E-state index < -0.39 is 11.2 Å². The lowest BCUT2D eigenvalue weighted by atomic mass is 9.96. The van der Waals surface area contributed by atoms with Crippen LogP contribution < -0.4 is 5.56 Å². The summed E-state index contributed by atoms with van der Waals surface area (Å²) in [5.74, 6) is 0.476. The predicted octanol–water partition coefficient (Wildman–Crippen LogP) is 1.30. The van der Waals surface area contributed by atoms with Gasteiger partial charge in [-0.25, -0.2) is 4.98 Å². The van der Waals surface area contributed by atoms with Crippen molar-refractivity contribution in [1.82, 2.24) is 9.97 Å². The number of hydrogen-bond donors (Lipinski definition) is 1. The SMILES string of the molecule is CCC(CC)(OC)c1ncc(C#N)c(=O)[nH]1. The molecule has 0 amide bonds. The van der Waals surface area contributed by atoms with Crippen molar-refractivity contribution in [2.45, 2.75) is 32.3 Å². The molecule has 0 atom stereocenters. The molecule has 0 fully saturated rings. The Morgan fingerprint density at radius 1 is 1.56 bits per heavy atom. The maximum atomic E-state index is 11.5. The van der Waals surface area contributed by atoms with Gasteiger partial charge in [0.2, 0.25) is 0 Å². The van der Waals surface area contributed by atoms with Gasteiger partial charge in [-0.05, 0) is 12.8 Å². The van der Waals surface area contributed by atoms with E-state index in [2.05, 4.69) is 9.97 Å². The Hall–Kier alpha value is -1.67. The smallest absolute Gasteiger partial charge is 0.268 e. The number of nitrogens with one attached hydrogen (secondary N) is 1. The van der Waals surface area contributed by atoms with E-state index in [9.17, 15) is 4.79 Å². The molecule has 1 aromatic rings. The van der Waals surface area contributed by atoms with Crippen LogP contribution in [0, 0.1) is 11.3 Å². The van der Waals surface area contributed by atoms with Gasteiger partial charge in [-0.2, -0.15) is 5.26 Å². The molecule has 0 aliphatic heterocycles. The van der Waals surface area contributed by atoms with E-state index in [0.717, 1.165) is 0 Å². The van der Waals surface area contributed by atoms with Gasteiger partial charge < -0.3 is 9.72 Å². The quantitative estimate of drug-likeness (QED) is 0.831. The molecule has 0 unspecified atom stereocenters. The van der Waals surface area contributed by atoms with Gasteiger partial charge in [-0.3, -0.25) is 4.79 Å². The molecular formula is C11H15N3O2. The van der Waals surface area contributed by atoms with E-state index in [1.807, 2.05) is 13.8 Å². The van der Waals surface area contributed by atoms with Gasteiger partial charge in [0.05, 0.1) is 6.20 Å². The first-order valence-electron chi connectivity index (χ1n) is 5.18. The fraction of sp³-hybridized carbons (Fsp3) is 0.545. The molecular weight excluding hydrogens is 206 g/mol. The number of H-pyrrole nitrogens is 1. The number of nitriles is 1. The van der Waals surface area contributed by atoms with Crippen LogP contribution in [0.3, 0.4) is 0 Å². The molecule has 5 nitrogen and oxygen atoms in total. The van der Waals surface area contributed by atoms with E-state index in [0.29, 0.717) is 18.7 Å². The number of nitrogens with zero attached hydrogens (tertiary/aromatic N) is 2. The van der Waals surface area contributed by atoms with Gasteiger partial charge in [0.25, 0.3) is 5.56 Å². The third kappa shape index (κ3) is 1.97. The average Bonchev–Trinajstić information content (AvgIpc) is 2.32. The third-order valence-corrected chi connectivity index (χ3v) is 2.88. The summed E-state index contributed by atoms with van der Waals surface area (Å²) in [7, 11) is 1.59. The van der Waals surface area contributed by atoms with Gasteiger partial charge in [0.1, 0.15) is 23.1 Å². The molecule has 16 heavy (non-hydrogen) atoms. The molecule has 0 saturated carbocycles. The summed E-state index contributed by atoms with van der Waals surface area (Å²) in [6, 6.07) is 1.78. The summed E-state index contributed by atoms with van der Waals surface area (Å²) in [6.45, 7) is 3.93. The standard InChI is InChI=1S/C11H15N3O2/c1-4-11(5-2,16-3)10-13-7-8(6-12)9(15)14-10/h7H,4-5H2,1-3H3,(H,13,14,15). The Morgan fingerprint density at radius 2 is 2.19 bits per heavy atom. The Kier molecular flexibility index (Phi) is 3.80. The molecule has 0 aromatic carbocycles. The molecule has 0 radical (unpaired) electrons. The summed E-state index contributed by atoms with van der Waals surface area (Å²) >= 11 is 0. The Labute approximate surface area is 94.1 Å². The zero-order valence-electron chi connectivity index (χ0n) is 9.70. The number of methoxy groups -OCH3 is 1. The molecule has 86 valence electrons. The first-order chi connectivity index (χ1) is 7.63. The second-order valence-corrected chi connectivity index (χ2v) is 3.49. The molecule has 0 saturated heterocycles. The summed E-state index contributed by atoms with van der Waals surface area (Å²) in [4.78, 5) is 18.2. The first-order valence-corrected chi connectivity index (χ1v) is 5.18. The van der Waals surface area contributed by atoms with Crippen LogP contribution in [0.4, 0.5) is 0 Å². The molecule has 1 heterocycles. The minimum atomic E-state index is -0.576. The molecule has 1 rings (SSSR count). The minimum Gasteiger partial charge on any atom is -0.370 e. The van der Waals surface area contributed by atoms with Crippen molar-refractivity contribution in [3.8, 4) is 6.07 Å². The van der Waals surface area contributed by atoms with Crippen LogP contribution in [0.5, 0.6) is 0 Å². The van der Waals surface area contributed by atoms with Crippen LogP contribution in [-0.4, -0.2) is 17.1 Å². The summed E-state index contributed by atoms with van der Waals surface area (Å²) in [5.41, 5.74) is -0.982. The molecule has 1 aromatic heterocycles. The van der Waals surface area contributed by atoms with Crippen LogP contribution in [0.25, 0.3) is 0 Å². The van der Waals surface area contributed by atoms with Gasteiger partial charge in [-0.1, -0.05) is 13.8 Å². The van der Waals surface area contributed by atoms with E-state index >= 15 is 0 Å². The summed E-state index contributed by atoms with van der Waals surface area (Å²) in [6.07, 6.45) is 2.69. The zero-order chi connectivity index (χ0) is 12.2. The van der Waals surface area contributed by atoms with Gasteiger partial charge >= 0.3 is 0 Å². The van der Waals surface area contributed by atoms with Crippen molar-refractivity contribution in [1.29, 1.82) is 5.26 Å². The Morgan fingerprint density at radius 3 is 2.56 bits per heavy atom. The maximum Gasteiger partial charge on any atom is 0.268 e. The molecule has 0 spiro atoms. The summed E-state index contributed by atoms with van der Waals surface area (Å²) in [5, 5.41) is 8.64. The topological polar surface area (TPSA) is 78.8 Å². The Bertz CT molecular complexity index is 447. The number of rotatable bonds is 4. The lowest BCUT2D eigenvalue weighted by Gasteiger charge is -2.28. The van der Waals surface area contributed by atoms with E-state index in [1.165, 1.54) is 6.20 Å². The van der Waals surface area contributed by atoms with Crippen molar-refractivity contribution in [2.75, 3.05) is 7.11 Å². The number of aromatic amines is 1. The number of ether oxygens (including phenoxy) is 1. The fourth-order valence-corrected chi connectivity index (χ4v) is 1.68. The highest BCUT2D eigenvalue weighted by Crippen LogP contribution is 2.28. The normalized spacial score (nSPS) is 11.1. The monoisotopic (exact) mass is 221 g/mol. The van der Waals surface area contributed by atoms with Crippen LogP contribution in [-0.2, 0) is 10.3 Å². The van der Waals surface area contributed by atoms with Crippen molar-refractivity contribution >= 4 is 0 Å². The van der Waals surface area contributed by atoms with Crippen LogP contribution in [0.15, 0.2) is 11.0 Å². The van der Waals surface area contributed by atoms with Crippen molar-refractivity contribution < 1.29 is 4.74 Å². The van der Waals surface area contributed by atoms with Crippen molar-refractivity contribution in [3.05, 3.63) is 27.9 Å². The van der Waals surface area contributed by atoms with Gasteiger partial charge in [0, 0.05) is 7.11 Å². The number of aromatic nitrogens is 2. The highest BCUT2D eigenvalue weighted by atomic mass is 16.5. The molecule has 1 N–H and O–H groups in total. The minimum absolute atomic E-state index is 0.0148. The van der Waals surface area contributed by atoms with Crippen LogP contribution in [0.2, 0.25) is 0 Å². The highest BCUT2D eigenvalue weighted by molar-refractivity contribution is 5.23. The second kappa shape index (κ2) is 4.90. The zero-order valence-corrected chi connectivity index (χ0v) is 9.70. The average molecular weight is 221 g/mol. The Balaban J connectivity index is 3.29. The van der Waals surface area contributed by atoms with E-state index in [1.54, 1.807) is 13.2 Å².